The summed E-state index contributed by atoms with van der Waals surface area (Å²) in [5, 5.41) is 0.649. The fourth-order valence-corrected chi connectivity index (χ4v) is 7.03. The fraction of sp³-hybridized carbons (Fsp3) is 0.357. The van der Waals surface area contributed by atoms with Crippen molar-refractivity contribution < 1.29 is 22.7 Å². The van der Waals surface area contributed by atoms with Gasteiger partial charge in [-0.3, -0.25) is 4.72 Å². The molecule has 0 bridgehead atoms. The Bertz CT molecular complexity index is 1810. The molecule has 0 saturated heterocycles. The predicted molar refractivity (Wildman–Crippen MR) is 160 cm³/mol. The van der Waals surface area contributed by atoms with Gasteiger partial charge in [0.2, 0.25) is 5.88 Å². The lowest BCUT2D eigenvalue weighted by atomic mass is 10.0. The van der Waals surface area contributed by atoms with Gasteiger partial charge in [-0.2, -0.15) is 0 Å². The van der Waals surface area contributed by atoms with Crippen LogP contribution >= 0.6 is 11.3 Å². The van der Waals surface area contributed by atoms with E-state index in [1.165, 1.54) is 13.4 Å². The Kier molecular flexibility index (Phi) is 7.86. The normalized spacial score (nSPS) is 14.0. The van der Waals surface area contributed by atoms with E-state index in [9.17, 15) is 13.2 Å². The summed E-state index contributed by atoms with van der Waals surface area (Å²) < 4.78 is 39.9. The topological polar surface area (TPSA) is 149 Å². The van der Waals surface area contributed by atoms with E-state index in [4.69, 9.17) is 14.5 Å². The average molecular weight is 610 g/mol. The smallest absolute Gasteiger partial charge is 0.410 e. The van der Waals surface area contributed by atoms with Gasteiger partial charge >= 0.3 is 6.09 Å². The zero-order chi connectivity index (χ0) is 30.2. The standard InChI is InChI=1S/C28H31N7O5S2/c1-16-26(41-17(2)32-16)42(37,38)34-22-13-19(14-29-25(22)39-6)20-7-8-21-24(33-20)23(31-15-30-21)18-9-11-35(12-10-18)27(36)40-28(3,4)5/h7-9,13-15,34H,10-12H2,1-6H3. The van der Waals surface area contributed by atoms with Gasteiger partial charge in [0.15, 0.2) is 4.21 Å². The summed E-state index contributed by atoms with van der Waals surface area (Å²) in [5.74, 6) is 0.118. The van der Waals surface area contributed by atoms with Crippen molar-refractivity contribution in [2.24, 2.45) is 0 Å². The summed E-state index contributed by atoms with van der Waals surface area (Å²) in [6.45, 7) is 9.79. The monoisotopic (exact) mass is 609 g/mol. The van der Waals surface area contributed by atoms with E-state index in [1.54, 1.807) is 37.1 Å². The number of methoxy groups -OCH3 is 1. The lowest BCUT2D eigenvalue weighted by molar-refractivity contribution is 0.0270. The third-order valence-corrected chi connectivity index (χ3v) is 9.38. The highest BCUT2D eigenvalue weighted by molar-refractivity contribution is 7.94. The van der Waals surface area contributed by atoms with Crippen LogP contribution in [0, 0.1) is 13.8 Å². The summed E-state index contributed by atoms with van der Waals surface area (Å²) in [5.41, 5.74) is 3.99. The molecule has 1 aliphatic rings. The van der Waals surface area contributed by atoms with E-state index < -0.39 is 15.6 Å². The molecule has 14 heteroatoms. The Morgan fingerprint density at radius 3 is 2.55 bits per heavy atom. The second kappa shape index (κ2) is 11.2. The van der Waals surface area contributed by atoms with E-state index in [2.05, 4.69) is 24.7 Å². The number of anilines is 1. The van der Waals surface area contributed by atoms with Gasteiger partial charge < -0.3 is 14.4 Å². The molecule has 0 fully saturated rings. The quantitative estimate of drug-likeness (QED) is 0.317. The second-order valence-electron chi connectivity index (χ2n) is 10.7. The Labute approximate surface area is 247 Å². The van der Waals surface area contributed by atoms with Crippen LogP contribution in [0.2, 0.25) is 0 Å². The number of thiazole rings is 1. The number of amides is 1. The zero-order valence-electron chi connectivity index (χ0n) is 24.1. The minimum Gasteiger partial charge on any atom is -0.480 e. The molecule has 0 aliphatic carbocycles. The average Bonchev–Trinajstić information content (AvgIpc) is 3.30. The number of aromatic nitrogens is 5. The van der Waals surface area contributed by atoms with Gasteiger partial charge in [0.1, 0.15) is 23.1 Å². The van der Waals surface area contributed by atoms with Crippen molar-refractivity contribution in [2.75, 3.05) is 24.9 Å². The van der Waals surface area contributed by atoms with Gasteiger partial charge in [-0.05, 0) is 64.8 Å². The molecule has 4 aromatic heterocycles. The maximum absolute atomic E-state index is 13.2. The van der Waals surface area contributed by atoms with Crippen molar-refractivity contribution in [1.29, 1.82) is 0 Å². The fourth-order valence-electron chi connectivity index (χ4n) is 4.49. The van der Waals surface area contributed by atoms with Crippen LogP contribution in [-0.4, -0.2) is 70.1 Å². The summed E-state index contributed by atoms with van der Waals surface area (Å²) in [4.78, 5) is 36.5. The third kappa shape index (κ3) is 6.19. The van der Waals surface area contributed by atoms with Crippen LogP contribution in [0.5, 0.6) is 5.88 Å². The first-order chi connectivity index (χ1) is 19.8. The molecule has 0 saturated carbocycles. The van der Waals surface area contributed by atoms with Gasteiger partial charge in [-0.25, -0.2) is 38.1 Å². The van der Waals surface area contributed by atoms with Crippen molar-refractivity contribution in [2.45, 2.75) is 50.8 Å². The first-order valence-electron chi connectivity index (χ1n) is 13.1. The number of hydrogen-bond acceptors (Lipinski definition) is 11. The summed E-state index contributed by atoms with van der Waals surface area (Å²) >= 11 is 1.09. The van der Waals surface area contributed by atoms with Crippen LogP contribution < -0.4 is 9.46 Å². The minimum atomic E-state index is -3.93. The first kappa shape index (κ1) is 29.3. The summed E-state index contributed by atoms with van der Waals surface area (Å²) in [6, 6.07) is 5.25. The van der Waals surface area contributed by atoms with Crippen molar-refractivity contribution in [1.82, 2.24) is 29.8 Å². The molecule has 220 valence electrons. The Morgan fingerprint density at radius 2 is 1.90 bits per heavy atom. The molecule has 1 N–H and O–H groups in total. The maximum Gasteiger partial charge on any atom is 0.410 e. The molecular weight excluding hydrogens is 578 g/mol. The van der Waals surface area contributed by atoms with Crippen LogP contribution in [0.4, 0.5) is 10.5 Å². The van der Waals surface area contributed by atoms with Crippen LogP contribution in [0.3, 0.4) is 0 Å². The van der Waals surface area contributed by atoms with Crippen molar-refractivity contribution in [3.8, 4) is 17.1 Å². The van der Waals surface area contributed by atoms with Crippen molar-refractivity contribution in [3.05, 3.63) is 53.2 Å². The largest absolute Gasteiger partial charge is 0.480 e. The Hall–Kier alpha value is -4.17. The van der Waals surface area contributed by atoms with E-state index in [1.807, 2.05) is 32.9 Å². The van der Waals surface area contributed by atoms with Gasteiger partial charge in [0.05, 0.1) is 34.7 Å². The molecule has 0 aromatic carbocycles. The van der Waals surface area contributed by atoms with Crippen LogP contribution in [0.1, 0.15) is 43.6 Å². The van der Waals surface area contributed by atoms with Gasteiger partial charge in [-0.15, -0.1) is 11.3 Å². The van der Waals surface area contributed by atoms with Crippen LogP contribution in [0.25, 0.3) is 27.9 Å². The lowest BCUT2D eigenvalue weighted by Crippen LogP contribution is -2.39. The number of fused-ring (bicyclic) bond motifs is 1. The number of aryl methyl sites for hydroxylation is 2. The summed E-state index contributed by atoms with van der Waals surface area (Å²) in [7, 11) is -2.51. The molecular formula is C28H31N7O5S2. The molecule has 12 nitrogen and oxygen atoms in total. The van der Waals surface area contributed by atoms with Crippen LogP contribution in [0.15, 0.2) is 41.0 Å². The number of pyridine rings is 2. The number of ether oxygens (including phenoxy) is 2. The maximum atomic E-state index is 13.2. The molecule has 0 radical (unpaired) electrons. The molecule has 4 aromatic rings. The highest BCUT2D eigenvalue weighted by Gasteiger charge is 2.26. The number of nitrogens with one attached hydrogen (secondary N) is 1. The zero-order valence-corrected chi connectivity index (χ0v) is 25.8. The van der Waals surface area contributed by atoms with E-state index >= 15 is 0 Å². The second-order valence-corrected chi connectivity index (χ2v) is 13.8. The Morgan fingerprint density at radius 1 is 1.12 bits per heavy atom. The van der Waals surface area contributed by atoms with Crippen LogP contribution in [-0.2, 0) is 14.8 Å². The third-order valence-electron chi connectivity index (χ3n) is 6.34. The number of sulfonamides is 1. The number of carbonyl (C=O) groups excluding carboxylic acids is 1. The van der Waals surface area contributed by atoms with E-state index in [-0.39, 0.29) is 21.9 Å². The molecule has 5 heterocycles. The number of nitrogens with zero attached hydrogens (tertiary/aromatic N) is 6. The molecule has 5 rings (SSSR count). The highest BCUT2D eigenvalue weighted by Crippen LogP contribution is 2.33. The molecule has 1 aliphatic heterocycles. The first-order valence-corrected chi connectivity index (χ1v) is 15.4. The molecule has 42 heavy (non-hydrogen) atoms. The van der Waals surface area contributed by atoms with Gasteiger partial charge in [0, 0.05) is 24.8 Å². The van der Waals surface area contributed by atoms with E-state index in [0.717, 1.165) is 16.9 Å². The number of carbonyl (C=O) groups is 1. The lowest BCUT2D eigenvalue weighted by Gasteiger charge is -2.29. The number of rotatable bonds is 6. The highest BCUT2D eigenvalue weighted by atomic mass is 32.2. The van der Waals surface area contributed by atoms with E-state index in [0.29, 0.717) is 58.2 Å². The number of hydrogen-bond donors (Lipinski definition) is 1. The molecule has 0 atom stereocenters. The Balaban J connectivity index is 1.47. The predicted octanol–water partition coefficient (Wildman–Crippen LogP) is 4.99. The molecule has 0 spiro atoms. The van der Waals surface area contributed by atoms with Crippen molar-refractivity contribution in [3.63, 3.8) is 0 Å². The SMILES string of the molecule is COc1ncc(-c2ccc3ncnc(C4=CCN(C(=O)OC(C)(C)C)CC4)c3n2)cc1NS(=O)(=O)c1sc(C)nc1C. The molecule has 0 unspecified atom stereocenters. The van der Waals surface area contributed by atoms with Gasteiger partial charge in [0.25, 0.3) is 10.0 Å². The summed E-state index contributed by atoms with van der Waals surface area (Å²) in [6.07, 6.45) is 5.22. The molecule has 1 amide bonds. The minimum absolute atomic E-state index is 0.118. The van der Waals surface area contributed by atoms with Gasteiger partial charge in [-0.1, -0.05) is 6.08 Å². The van der Waals surface area contributed by atoms with Crippen molar-refractivity contribution >= 4 is 49.7 Å².